The topological polar surface area (TPSA) is 59.8 Å². The molecule has 160 valence electrons. The number of rotatable bonds is 10. The number of nitrogens with zero attached hydrogens (tertiary/aromatic N) is 3. The van der Waals surface area contributed by atoms with Crippen molar-refractivity contribution in [3.05, 3.63) is 60.2 Å². The number of hydrogen-bond acceptors (Lipinski definition) is 5. The van der Waals surface area contributed by atoms with E-state index >= 15 is 0 Å². The zero-order valence-corrected chi connectivity index (χ0v) is 18.2. The van der Waals surface area contributed by atoms with Crippen LogP contribution in [-0.2, 0) is 13.6 Å². The molecule has 0 saturated heterocycles. The summed E-state index contributed by atoms with van der Waals surface area (Å²) >= 11 is 0. The van der Waals surface area contributed by atoms with Gasteiger partial charge in [0.25, 0.3) is 0 Å². The zero-order chi connectivity index (χ0) is 21.5. The summed E-state index contributed by atoms with van der Waals surface area (Å²) < 4.78 is 13.6. The first-order chi connectivity index (χ1) is 14.5. The molecule has 1 aromatic heterocycles. The molecule has 1 atom stereocenters. The van der Waals surface area contributed by atoms with Gasteiger partial charge in [-0.05, 0) is 32.0 Å². The SMILES string of the molecule is CCCN(Cc1c(-c2ccccc2)nn(C)c1Oc1ccccc1OC)C[C@H](C)O. The lowest BCUT2D eigenvalue weighted by Crippen LogP contribution is -2.31. The van der Waals surface area contributed by atoms with Gasteiger partial charge in [-0.1, -0.05) is 49.4 Å². The minimum absolute atomic E-state index is 0.410. The molecular formula is C24H31N3O3. The van der Waals surface area contributed by atoms with E-state index < -0.39 is 6.10 Å². The molecule has 3 rings (SSSR count). The molecule has 3 aromatic rings. The second kappa shape index (κ2) is 10.3. The van der Waals surface area contributed by atoms with Crippen LogP contribution in [0.5, 0.6) is 17.4 Å². The lowest BCUT2D eigenvalue weighted by Gasteiger charge is -2.24. The van der Waals surface area contributed by atoms with Crippen molar-refractivity contribution < 1.29 is 14.6 Å². The smallest absolute Gasteiger partial charge is 0.222 e. The summed E-state index contributed by atoms with van der Waals surface area (Å²) in [5, 5.41) is 14.8. The second-order valence-electron chi connectivity index (χ2n) is 7.46. The maximum atomic E-state index is 9.98. The molecule has 30 heavy (non-hydrogen) atoms. The van der Waals surface area contributed by atoms with E-state index in [-0.39, 0.29) is 0 Å². The van der Waals surface area contributed by atoms with Crippen LogP contribution in [0.2, 0.25) is 0 Å². The highest BCUT2D eigenvalue weighted by molar-refractivity contribution is 5.65. The van der Waals surface area contributed by atoms with Crippen molar-refractivity contribution in [3.8, 4) is 28.6 Å². The van der Waals surface area contributed by atoms with E-state index in [4.69, 9.17) is 14.6 Å². The van der Waals surface area contributed by atoms with Gasteiger partial charge >= 0.3 is 0 Å². The number of ether oxygens (including phenoxy) is 2. The average molecular weight is 410 g/mol. The van der Waals surface area contributed by atoms with Crippen LogP contribution in [0.15, 0.2) is 54.6 Å². The van der Waals surface area contributed by atoms with E-state index in [9.17, 15) is 5.11 Å². The van der Waals surface area contributed by atoms with Gasteiger partial charge in [0, 0.05) is 25.7 Å². The molecule has 0 amide bonds. The fourth-order valence-corrected chi connectivity index (χ4v) is 3.61. The summed E-state index contributed by atoms with van der Waals surface area (Å²) in [5.74, 6) is 1.98. The monoisotopic (exact) mass is 409 g/mol. The van der Waals surface area contributed by atoms with Crippen molar-refractivity contribution >= 4 is 0 Å². The predicted octanol–water partition coefficient (Wildman–Crippen LogP) is 4.48. The van der Waals surface area contributed by atoms with Crippen LogP contribution < -0.4 is 9.47 Å². The van der Waals surface area contributed by atoms with E-state index in [1.54, 1.807) is 11.8 Å². The Morgan fingerprint density at radius 1 is 1.07 bits per heavy atom. The molecule has 0 spiro atoms. The van der Waals surface area contributed by atoms with Crippen molar-refractivity contribution in [3.63, 3.8) is 0 Å². The minimum atomic E-state index is -0.410. The summed E-state index contributed by atoms with van der Waals surface area (Å²) in [7, 11) is 3.52. The van der Waals surface area contributed by atoms with Crippen LogP contribution in [0.25, 0.3) is 11.3 Å². The molecule has 1 heterocycles. The Kier molecular flexibility index (Phi) is 7.49. The van der Waals surface area contributed by atoms with Gasteiger partial charge in [0.15, 0.2) is 11.5 Å². The first-order valence-electron chi connectivity index (χ1n) is 10.4. The van der Waals surface area contributed by atoms with Gasteiger partial charge in [0.1, 0.15) is 5.69 Å². The van der Waals surface area contributed by atoms with Crippen molar-refractivity contribution in [1.29, 1.82) is 0 Å². The summed E-state index contributed by atoms with van der Waals surface area (Å²) in [6, 6.07) is 17.7. The Morgan fingerprint density at radius 2 is 1.73 bits per heavy atom. The third kappa shape index (κ3) is 5.20. The van der Waals surface area contributed by atoms with Crippen molar-refractivity contribution in [1.82, 2.24) is 14.7 Å². The minimum Gasteiger partial charge on any atom is -0.493 e. The highest BCUT2D eigenvalue weighted by atomic mass is 16.5. The van der Waals surface area contributed by atoms with Gasteiger partial charge < -0.3 is 14.6 Å². The van der Waals surface area contributed by atoms with E-state index in [2.05, 4.69) is 24.0 Å². The number of benzene rings is 2. The van der Waals surface area contributed by atoms with Crippen molar-refractivity contribution in [2.45, 2.75) is 32.9 Å². The molecule has 0 fully saturated rings. The second-order valence-corrected chi connectivity index (χ2v) is 7.46. The van der Waals surface area contributed by atoms with E-state index in [0.717, 1.165) is 29.8 Å². The van der Waals surface area contributed by atoms with Gasteiger partial charge in [-0.25, -0.2) is 4.68 Å². The molecule has 0 saturated carbocycles. The molecule has 1 N–H and O–H groups in total. The number of hydrogen-bond donors (Lipinski definition) is 1. The van der Waals surface area contributed by atoms with Crippen LogP contribution in [-0.4, -0.2) is 46.1 Å². The molecule has 6 heteroatoms. The first kappa shape index (κ1) is 21.9. The van der Waals surface area contributed by atoms with Gasteiger partial charge in [-0.3, -0.25) is 4.90 Å². The highest BCUT2D eigenvalue weighted by Crippen LogP contribution is 2.37. The lowest BCUT2D eigenvalue weighted by molar-refractivity contribution is 0.122. The number of para-hydroxylation sites is 2. The largest absolute Gasteiger partial charge is 0.493 e. The van der Waals surface area contributed by atoms with Crippen LogP contribution in [0.3, 0.4) is 0 Å². The molecule has 0 unspecified atom stereocenters. The fourth-order valence-electron chi connectivity index (χ4n) is 3.61. The summed E-state index contributed by atoms with van der Waals surface area (Å²) in [5.41, 5.74) is 2.91. The first-order valence-corrected chi connectivity index (χ1v) is 10.4. The number of aliphatic hydroxyl groups excluding tert-OH is 1. The number of aryl methyl sites for hydroxylation is 1. The number of methoxy groups -OCH3 is 1. The molecule has 0 bridgehead atoms. The van der Waals surface area contributed by atoms with Gasteiger partial charge in [0.2, 0.25) is 5.88 Å². The molecule has 0 aliphatic rings. The van der Waals surface area contributed by atoms with Gasteiger partial charge in [-0.2, -0.15) is 5.10 Å². The molecule has 0 aliphatic carbocycles. The van der Waals surface area contributed by atoms with E-state index in [1.807, 2.05) is 56.4 Å². The van der Waals surface area contributed by atoms with Crippen molar-refractivity contribution in [2.24, 2.45) is 7.05 Å². The number of aliphatic hydroxyl groups is 1. The van der Waals surface area contributed by atoms with E-state index in [1.165, 1.54) is 0 Å². The summed E-state index contributed by atoms with van der Waals surface area (Å²) in [6.45, 7) is 6.05. The van der Waals surface area contributed by atoms with Crippen LogP contribution >= 0.6 is 0 Å². The standard InChI is InChI=1S/C24H31N3O3/c1-5-15-27(16-18(2)28)17-20-23(19-11-7-6-8-12-19)25-26(3)24(20)30-22-14-10-9-13-21(22)29-4/h6-14,18,28H,5,15-17H2,1-4H3/t18-/m0/s1. The number of aromatic nitrogens is 2. The third-order valence-electron chi connectivity index (χ3n) is 4.85. The fraction of sp³-hybridized carbons (Fsp3) is 0.375. The highest BCUT2D eigenvalue weighted by Gasteiger charge is 2.23. The Bertz CT molecular complexity index is 938. The van der Waals surface area contributed by atoms with Crippen LogP contribution in [0.1, 0.15) is 25.8 Å². The maximum Gasteiger partial charge on any atom is 0.222 e. The molecular weight excluding hydrogens is 378 g/mol. The quantitative estimate of drug-likeness (QED) is 0.535. The summed E-state index contributed by atoms with van der Waals surface area (Å²) in [6.07, 6.45) is 0.586. The zero-order valence-electron chi connectivity index (χ0n) is 18.2. The lowest BCUT2D eigenvalue weighted by atomic mass is 10.1. The van der Waals surface area contributed by atoms with Crippen molar-refractivity contribution in [2.75, 3.05) is 20.2 Å². The normalized spacial score (nSPS) is 12.2. The molecule has 2 aromatic carbocycles. The Morgan fingerprint density at radius 3 is 2.37 bits per heavy atom. The molecule has 0 aliphatic heterocycles. The van der Waals surface area contributed by atoms with E-state index in [0.29, 0.717) is 30.5 Å². The van der Waals surface area contributed by atoms with Gasteiger partial charge in [-0.15, -0.1) is 0 Å². The Labute approximate surface area is 178 Å². The predicted molar refractivity (Wildman–Crippen MR) is 119 cm³/mol. The van der Waals surface area contributed by atoms with Crippen LogP contribution in [0.4, 0.5) is 0 Å². The van der Waals surface area contributed by atoms with Crippen LogP contribution in [0, 0.1) is 0 Å². The Balaban J connectivity index is 2.06. The third-order valence-corrected chi connectivity index (χ3v) is 4.85. The molecule has 0 radical (unpaired) electrons. The average Bonchev–Trinajstić information content (AvgIpc) is 3.04. The molecule has 6 nitrogen and oxygen atoms in total. The Hall–Kier alpha value is -2.83. The summed E-state index contributed by atoms with van der Waals surface area (Å²) in [4.78, 5) is 2.24. The maximum absolute atomic E-state index is 9.98. The van der Waals surface area contributed by atoms with Gasteiger partial charge in [0.05, 0.1) is 18.8 Å².